The summed E-state index contributed by atoms with van der Waals surface area (Å²) in [6, 6.07) is 10.6. The molecule has 0 unspecified atom stereocenters. The molecule has 3 rings (SSSR count). The van der Waals surface area contributed by atoms with Gasteiger partial charge in [-0.05, 0) is 52.7 Å². The van der Waals surface area contributed by atoms with Gasteiger partial charge in [-0.15, -0.1) is 11.6 Å². The van der Waals surface area contributed by atoms with Gasteiger partial charge in [-0.1, -0.05) is 6.07 Å². The molecule has 20 heavy (non-hydrogen) atoms. The number of imidazole rings is 1. The van der Waals surface area contributed by atoms with Gasteiger partial charge in [-0.3, -0.25) is 4.57 Å². The smallest absolute Gasteiger partial charge is 0.129 e. The van der Waals surface area contributed by atoms with E-state index in [2.05, 4.69) is 20.9 Å². The van der Waals surface area contributed by atoms with Crippen molar-refractivity contribution >= 4 is 38.6 Å². The van der Waals surface area contributed by atoms with E-state index in [-0.39, 0.29) is 11.7 Å². The highest BCUT2D eigenvalue weighted by atomic mass is 79.9. The average molecular weight is 354 g/mol. The van der Waals surface area contributed by atoms with Crippen molar-refractivity contribution in [3.63, 3.8) is 0 Å². The standard InChI is InChI=1S/C15H11BrClFN2/c1-9-2-4-11(16)14(6-9)20-13-5-3-10(18)7-12(13)19-15(20)8-17/h2-7H,8H2,1H3. The number of aromatic nitrogens is 2. The molecule has 102 valence electrons. The van der Waals surface area contributed by atoms with Crippen LogP contribution in [0.3, 0.4) is 0 Å². The first-order valence-electron chi connectivity index (χ1n) is 6.09. The van der Waals surface area contributed by atoms with Crippen LogP contribution < -0.4 is 0 Å². The Kier molecular flexibility index (Phi) is 3.52. The number of hydrogen-bond acceptors (Lipinski definition) is 1. The fourth-order valence-electron chi connectivity index (χ4n) is 2.26. The number of aryl methyl sites for hydroxylation is 1. The number of benzene rings is 2. The lowest BCUT2D eigenvalue weighted by molar-refractivity contribution is 0.629. The maximum Gasteiger partial charge on any atom is 0.129 e. The summed E-state index contributed by atoms with van der Waals surface area (Å²) in [6.45, 7) is 2.02. The third kappa shape index (κ3) is 2.23. The second-order valence-corrected chi connectivity index (χ2v) is 5.71. The molecule has 2 nitrogen and oxygen atoms in total. The predicted molar refractivity (Wildman–Crippen MR) is 83.0 cm³/mol. The second-order valence-electron chi connectivity index (χ2n) is 4.58. The lowest BCUT2D eigenvalue weighted by Crippen LogP contribution is -2.00. The molecule has 0 spiro atoms. The minimum absolute atomic E-state index is 0.261. The van der Waals surface area contributed by atoms with Crippen LogP contribution in [-0.2, 0) is 5.88 Å². The molecular weight excluding hydrogens is 343 g/mol. The molecule has 0 N–H and O–H groups in total. The highest BCUT2D eigenvalue weighted by Crippen LogP contribution is 2.29. The molecule has 0 bridgehead atoms. The van der Waals surface area contributed by atoms with Crippen molar-refractivity contribution in [2.24, 2.45) is 0 Å². The van der Waals surface area contributed by atoms with Gasteiger partial charge in [0.25, 0.3) is 0 Å². The zero-order valence-electron chi connectivity index (χ0n) is 10.7. The van der Waals surface area contributed by atoms with Crippen LogP contribution in [0, 0.1) is 12.7 Å². The van der Waals surface area contributed by atoms with Crippen LogP contribution in [0.5, 0.6) is 0 Å². The summed E-state index contributed by atoms with van der Waals surface area (Å²) in [6.07, 6.45) is 0. The van der Waals surface area contributed by atoms with Crippen molar-refractivity contribution in [3.8, 4) is 5.69 Å². The third-order valence-electron chi connectivity index (χ3n) is 3.15. The molecule has 3 aromatic rings. The van der Waals surface area contributed by atoms with Gasteiger partial charge in [0.1, 0.15) is 11.6 Å². The summed E-state index contributed by atoms with van der Waals surface area (Å²) >= 11 is 9.54. The Balaban J connectivity index is 2.37. The predicted octanol–water partition coefficient (Wildman–Crippen LogP) is 4.97. The summed E-state index contributed by atoms with van der Waals surface area (Å²) in [5.74, 6) is 0.654. The van der Waals surface area contributed by atoms with E-state index in [0.29, 0.717) is 11.3 Å². The van der Waals surface area contributed by atoms with Gasteiger partial charge in [0, 0.05) is 10.5 Å². The van der Waals surface area contributed by atoms with Crippen LogP contribution in [0.2, 0.25) is 0 Å². The van der Waals surface area contributed by atoms with E-state index in [1.165, 1.54) is 12.1 Å². The maximum atomic E-state index is 13.3. The summed E-state index contributed by atoms with van der Waals surface area (Å²) in [5.41, 5.74) is 3.53. The van der Waals surface area contributed by atoms with Crippen LogP contribution in [0.25, 0.3) is 16.7 Å². The van der Waals surface area contributed by atoms with Gasteiger partial charge in [-0.25, -0.2) is 9.37 Å². The molecular formula is C15H11BrClFN2. The van der Waals surface area contributed by atoms with E-state index in [1.54, 1.807) is 6.07 Å². The van der Waals surface area contributed by atoms with Gasteiger partial charge in [0.15, 0.2) is 0 Å². The molecule has 0 aliphatic heterocycles. The Bertz CT molecular complexity index is 798. The van der Waals surface area contributed by atoms with Crippen molar-refractivity contribution in [1.29, 1.82) is 0 Å². The molecule has 1 heterocycles. The summed E-state index contributed by atoms with van der Waals surface area (Å²) < 4.78 is 16.2. The van der Waals surface area contributed by atoms with E-state index in [1.807, 2.05) is 29.7 Å². The molecule has 0 atom stereocenters. The largest absolute Gasteiger partial charge is 0.294 e. The monoisotopic (exact) mass is 352 g/mol. The fraction of sp³-hybridized carbons (Fsp3) is 0.133. The molecule has 0 saturated heterocycles. The lowest BCUT2D eigenvalue weighted by Gasteiger charge is -2.11. The van der Waals surface area contributed by atoms with Gasteiger partial charge in [0.05, 0.1) is 22.6 Å². The van der Waals surface area contributed by atoms with E-state index in [0.717, 1.165) is 21.2 Å². The number of rotatable bonds is 2. The Morgan fingerprint density at radius 1 is 1.25 bits per heavy atom. The van der Waals surface area contributed by atoms with Gasteiger partial charge >= 0.3 is 0 Å². The Morgan fingerprint density at radius 2 is 2.05 bits per heavy atom. The van der Waals surface area contributed by atoms with Crippen molar-refractivity contribution in [3.05, 3.63) is 58.1 Å². The summed E-state index contributed by atoms with van der Waals surface area (Å²) in [5, 5.41) is 0. The Morgan fingerprint density at radius 3 is 2.80 bits per heavy atom. The highest BCUT2D eigenvalue weighted by Gasteiger charge is 2.14. The van der Waals surface area contributed by atoms with Crippen LogP contribution in [0.1, 0.15) is 11.4 Å². The third-order valence-corrected chi connectivity index (χ3v) is 4.06. The zero-order chi connectivity index (χ0) is 14.3. The lowest BCUT2D eigenvalue weighted by atomic mass is 10.2. The number of nitrogens with zero attached hydrogens (tertiary/aromatic N) is 2. The van der Waals surface area contributed by atoms with Crippen LogP contribution in [0.4, 0.5) is 4.39 Å². The number of fused-ring (bicyclic) bond motifs is 1. The van der Waals surface area contributed by atoms with E-state index in [4.69, 9.17) is 11.6 Å². The first kappa shape index (κ1) is 13.6. The number of hydrogen-bond donors (Lipinski definition) is 0. The van der Waals surface area contributed by atoms with E-state index >= 15 is 0 Å². The van der Waals surface area contributed by atoms with E-state index < -0.39 is 0 Å². The minimum Gasteiger partial charge on any atom is -0.294 e. The van der Waals surface area contributed by atoms with Crippen molar-refractivity contribution in [2.75, 3.05) is 0 Å². The highest BCUT2D eigenvalue weighted by molar-refractivity contribution is 9.10. The molecule has 0 aliphatic carbocycles. The number of alkyl halides is 1. The van der Waals surface area contributed by atoms with Gasteiger partial charge < -0.3 is 0 Å². The van der Waals surface area contributed by atoms with Crippen LogP contribution in [-0.4, -0.2) is 9.55 Å². The molecule has 5 heteroatoms. The first-order valence-corrected chi connectivity index (χ1v) is 7.42. The van der Waals surface area contributed by atoms with Crippen molar-refractivity contribution in [2.45, 2.75) is 12.8 Å². The number of halogens is 3. The first-order chi connectivity index (χ1) is 9.60. The zero-order valence-corrected chi connectivity index (χ0v) is 13.0. The normalized spacial score (nSPS) is 11.2. The fourth-order valence-corrected chi connectivity index (χ4v) is 2.86. The average Bonchev–Trinajstić information content (AvgIpc) is 2.78. The van der Waals surface area contributed by atoms with E-state index in [9.17, 15) is 4.39 Å². The van der Waals surface area contributed by atoms with Gasteiger partial charge in [-0.2, -0.15) is 0 Å². The molecule has 0 radical (unpaired) electrons. The van der Waals surface area contributed by atoms with Gasteiger partial charge in [0.2, 0.25) is 0 Å². The SMILES string of the molecule is Cc1ccc(Br)c(-n2c(CCl)nc3cc(F)ccc32)c1. The van der Waals surface area contributed by atoms with Crippen molar-refractivity contribution < 1.29 is 4.39 Å². The molecule has 0 amide bonds. The van der Waals surface area contributed by atoms with Crippen LogP contribution >= 0.6 is 27.5 Å². The molecule has 1 aromatic heterocycles. The molecule has 0 aliphatic rings. The summed E-state index contributed by atoms with van der Waals surface area (Å²) in [7, 11) is 0. The van der Waals surface area contributed by atoms with Crippen molar-refractivity contribution in [1.82, 2.24) is 9.55 Å². The molecule has 0 fully saturated rings. The molecule has 2 aromatic carbocycles. The van der Waals surface area contributed by atoms with Crippen LogP contribution in [0.15, 0.2) is 40.9 Å². The Hall–Kier alpha value is -1.39. The molecule has 0 saturated carbocycles. The summed E-state index contributed by atoms with van der Waals surface area (Å²) in [4.78, 5) is 4.41. The topological polar surface area (TPSA) is 17.8 Å². The minimum atomic E-state index is -0.299. The second kappa shape index (κ2) is 5.19. The maximum absolute atomic E-state index is 13.3. The Labute approximate surface area is 129 Å². The quantitative estimate of drug-likeness (QED) is 0.594.